The maximum atomic E-state index is 13.8. The number of amides is 2. The van der Waals surface area contributed by atoms with Gasteiger partial charge in [-0.3, -0.25) is 30.6 Å². The lowest BCUT2D eigenvalue weighted by molar-refractivity contribution is -0.384. The van der Waals surface area contributed by atoms with Crippen LogP contribution in [0.15, 0.2) is 30.5 Å². The summed E-state index contributed by atoms with van der Waals surface area (Å²) in [4.78, 5) is 35.2. The van der Waals surface area contributed by atoms with E-state index in [1.165, 1.54) is 0 Å². The molecular weight excluding hydrogens is 483 g/mol. The lowest BCUT2D eigenvalue weighted by Crippen LogP contribution is -2.44. The highest BCUT2D eigenvalue weighted by Gasteiger charge is 2.65. The lowest BCUT2D eigenvalue weighted by atomic mass is 9.70. The number of nitro benzene ring substituents is 1. The number of aliphatic hydroxyl groups is 1. The third-order valence-corrected chi connectivity index (χ3v) is 8.27. The standard InChI is InChI=1S/C23H26F3N5O5/c1-21(2)16-8-9-22(21,3)19(33)14(16)10-17(32)28-29-20(34)15-11-27-30(18(15)23(24,25)26)12-4-6-13(7-5-12)31(35)36/h4-7,11,14,16,19,33H,8-10H2,1-3H3,(H,28,32)(H,29,34). The SMILES string of the molecule is CC1(C)C2CCC1(C)C(O)C2CC(=O)NNC(=O)c1cnn(-c2ccc([N+](=O)[O-])cc2)c1C(F)(F)F. The van der Waals surface area contributed by atoms with E-state index in [1.807, 2.05) is 12.3 Å². The summed E-state index contributed by atoms with van der Waals surface area (Å²) in [6, 6.07) is 4.19. The number of non-ortho nitro benzene ring substituents is 1. The summed E-state index contributed by atoms with van der Waals surface area (Å²) < 4.78 is 42.0. The molecule has 2 aliphatic rings. The van der Waals surface area contributed by atoms with Crippen molar-refractivity contribution in [2.45, 2.75) is 52.3 Å². The van der Waals surface area contributed by atoms with Crippen molar-refractivity contribution in [3.05, 3.63) is 51.8 Å². The molecule has 2 bridgehead atoms. The second-order valence-corrected chi connectivity index (χ2v) is 10.2. The molecule has 0 radical (unpaired) electrons. The molecule has 13 heteroatoms. The number of hydrazine groups is 1. The first kappa shape index (κ1) is 25.6. The number of nitrogens with zero attached hydrogens (tertiary/aromatic N) is 3. The zero-order valence-electron chi connectivity index (χ0n) is 19.8. The Hall–Kier alpha value is -3.48. The van der Waals surface area contributed by atoms with Gasteiger partial charge in [0, 0.05) is 18.6 Å². The summed E-state index contributed by atoms with van der Waals surface area (Å²) >= 11 is 0. The van der Waals surface area contributed by atoms with Gasteiger partial charge in [0.25, 0.3) is 11.6 Å². The van der Waals surface area contributed by atoms with Gasteiger partial charge in [-0.1, -0.05) is 20.8 Å². The largest absolute Gasteiger partial charge is 0.434 e. The highest BCUT2D eigenvalue weighted by molar-refractivity contribution is 5.96. The maximum Gasteiger partial charge on any atom is 0.434 e. The molecule has 2 saturated carbocycles. The van der Waals surface area contributed by atoms with Gasteiger partial charge < -0.3 is 5.11 Å². The summed E-state index contributed by atoms with van der Waals surface area (Å²) in [7, 11) is 0. The quantitative estimate of drug-likeness (QED) is 0.417. The van der Waals surface area contributed by atoms with Crippen molar-refractivity contribution in [2.75, 3.05) is 0 Å². The summed E-state index contributed by atoms with van der Waals surface area (Å²) in [5, 5.41) is 25.3. The zero-order chi connectivity index (χ0) is 26.6. The molecule has 4 atom stereocenters. The van der Waals surface area contributed by atoms with E-state index in [0.717, 1.165) is 37.1 Å². The van der Waals surface area contributed by atoms with E-state index < -0.39 is 40.3 Å². The number of hydrogen-bond donors (Lipinski definition) is 3. The van der Waals surface area contributed by atoms with Crippen LogP contribution in [0.3, 0.4) is 0 Å². The Morgan fingerprint density at radius 1 is 1.22 bits per heavy atom. The number of aromatic nitrogens is 2. The van der Waals surface area contributed by atoms with Crippen LogP contribution in [0.5, 0.6) is 0 Å². The monoisotopic (exact) mass is 509 g/mol. The van der Waals surface area contributed by atoms with Crippen LogP contribution in [0.1, 0.15) is 56.1 Å². The number of rotatable bonds is 5. The number of fused-ring (bicyclic) bond motifs is 2. The molecule has 36 heavy (non-hydrogen) atoms. The molecule has 0 saturated heterocycles. The predicted molar refractivity (Wildman–Crippen MR) is 120 cm³/mol. The van der Waals surface area contributed by atoms with Crippen LogP contribution < -0.4 is 10.9 Å². The average molecular weight is 509 g/mol. The molecule has 1 heterocycles. The molecule has 10 nitrogen and oxygen atoms in total. The van der Waals surface area contributed by atoms with Gasteiger partial charge in [0.15, 0.2) is 5.69 Å². The van der Waals surface area contributed by atoms with Crippen LogP contribution in [0.2, 0.25) is 0 Å². The Morgan fingerprint density at radius 2 is 1.86 bits per heavy atom. The number of carbonyl (C=O) groups is 2. The Balaban J connectivity index is 1.47. The minimum absolute atomic E-state index is 0.0840. The van der Waals surface area contributed by atoms with E-state index in [2.05, 4.69) is 24.4 Å². The minimum Gasteiger partial charge on any atom is -0.392 e. The number of benzene rings is 1. The summed E-state index contributed by atoms with van der Waals surface area (Å²) in [6.07, 6.45) is -3.37. The van der Waals surface area contributed by atoms with Crippen LogP contribution in [-0.2, 0) is 11.0 Å². The summed E-state index contributed by atoms with van der Waals surface area (Å²) in [5.41, 5.74) is 0.939. The first-order valence-corrected chi connectivity index (χ1v) is 11.4. The van der Waals surface area contributed by atoms with Crippen molar-refractivity contribution in [3.8, 4) is 5.69 Å². The molecule has 2 aliphatic carbocycles. The molecule has 1 aromatic carbocycles. The average Bonchev–Trinajstić information content (AvgIpc) is 3.39. The van der Waals surface area contributed by atoms with E-state index in [9.17, 15) is 38.0 Å². The molecule has 4 unspecified atom stereocenters. The van der Waals surface area contributed by atoms with E-state index >= 15 is 0 Å². The van der Waals surface area contributed by atoms with Gasteiger partial charge in [-0.2, -0.15) is 18.3 Å². The Morgan fingerprint density at radius 3 is 2.39 bits per heavy atom. The van der Waals surface area contributed by atoms with E-state index in [-0.39, 0.29) is 40.5 Å². The molecule has 1 aromatic heterocycles. The number of nitro groups is 1. The zero-order valence-corrected chi connectivity index (χ0v) is 19.8. The van der Waals surface area contributed by atoms with Gasteiger partial charge in [-0.15, -0.1) is 0 Å². The Bertz CT molecular complexity index is 1210. The minimum atomic E-state index is -5.00. The van der Waals surface area contributed by atoms with Gasteiger partial charge in [0.2, 0.25) is 5.91 Å². The molecule has 4 rings (SSSR count). The third kappa shape index (κ3) is 4.00. The van der Waals surface area contributed by atoms with E-state index in [4.69, 9.17) is 0 Å². The van der Waals surface area contributed by atoms with Crippen LogP contribution in [0, 0.1) is 32.8 Å². The molecule has 0 aliphatic heterocycles. The summed E-state index contributed by atoms with van der Waals surface area (Å²) in [5.74, 6) is -2.08. The second-order valence-electron chi connectivity index (χ2n) is 10.2. The number of carbonyl (C=O) groups excluding carboxylic acids is 2. The number of aliphatic hydroxyl groups excluding tert-OH is 1. The van der Waals surface area contributed by atoms with Gasteiger partial charge in [0.1, 0.15) is 0 Å². The second kappa shape index (κ2) is 8.57. The smallest absolute Gasteiger partial charge is 0.392 e. The van der Waals surface area contributed by atoms with Crippen LogP contribution in [-0.4, -0.2) is 37.7 Å². The number of nitrogens with one attached hydrogen (secondary N) is 2. The topological polar surface area (TPSA) is 139 Å². The van der Waals surface area contributed by atoms with Crippen LogP contribution in [0.25, 0.3) is 5.69 Å². The molecule has 2 fully saturated rings. The number of halogens is 3. The predicted octanol–water partition coefficient (Wildman–Crippen LogP) is 3.38. The fraction of sp³-hybridized carbons (Fsp3) is 0.522. The molecule has 194 valence electrons. The van der Waals surface area contributed by atoms with Crippen molar-refractivity contribution in [1.82, 2.24) is 20.6 Å². The number of hydrogen-bond acceptors (Lipinski definition) is 6. The fourth-order valence-electron chi connectivity index (χ4n) is 5.94. The van der Waals surface area contributed by atoms with E-state index in [1.54, 1.807) is 0 Å². The van der Waals surface area contributed by atoms with Gasteiger partial charge in [0.05, 0.1) is 28.5 Å². The van der Waals surface area contributed by atoms with Crippen LogP contribution >= 0.6 is 0 Å². The fourth-order valence-corrected chi connectivity index (χ4v) is 5.94. The maximum absolute atomic E-state index is 13.8. The highest BCUT2D eigenvalue weighted by atomic mass is 19.4. The van der Waals surface area contributed by atoms with Crippen LogP contribution in [0.4, 0.5) is 18.9 Å². The Labute approximate surface area is 204 Å². The molecular formula is C23H26F3N5O5. The van der Waals surface area contributed by atoms with Gasteiger partial charge >= 0.3 is 6.18 Å². The normalized spacial score (nSPS) is 26.6. The first-order chi connectivity index (χ1) is 16.7. The van der Waals surface area contributed by atoms with Crippen molar-refractivity contribution >= 4 is 17.5 Å². The van der Waals surface area contributed by atoms with Crippen molar-refractivity contribution in [1.29, 1.82) is 0 Å². The molecule has 2 amide bonds. The number of alkyl halides is 3. The highest BCUT2D eigenvalue weighted by Crippen LogP contribution is 2.68. The first-order valence-electron chi connectivity index (χ1n) is 11.4. The van der Waals surface area contributed by atoms with Gasteiger partial charge in [-0.05, 0) is 47.6 Å². The van der Waals surface area contributed by atoms with Crippen molar-refractivity contribution in [3.63, 3.8) is 0 Å². The Kier molecular flexibility index (Phi) is 6.10. The van der Waals surface area contributed by atoms with Crippen molar-refractivity contribution in [2.24, 2.45) is 22.7 Å². The third-order valence-electron chi connectivity index (χ3n) is 8.27. The molecule has 0 spiro atoms. The lowest BCUT2D eigenvalue weighted by Gasteiger charge is -2.37. The van der Waals surface area contributed by atoms with E-state index in [0.29, 0.717) is 10.9 Å². The molecule has 3 N–H and O–H groups in total. The van der Waals surface area contributed by atoms with Crippen molar-refractivity contribution < 1.29 is 32.8 Å². The van der Waals surface area contributed by atoms with Gasteiger partial charge in [-0.25, -0.2) is 4.68 Å². The summed E-state index contributed by atoms with van der Waals surface area (Å²) in [6.45, 7) is 6.13. The molecule has 2 aromatic rings.